The van der Waals surface area contributed by atoms with Gasteiger partial charge in [0.05, 0.1) is 22.5 Å². The molecule has 0 fully saturated rings. The standard InChI is InChI=1S/C24H23N5O3S/c1-19-8-11-22(12-9-19)33(31,32)29(21-6-3-2-4-7-21)17-14-24(30)27-20-10-13-23(25-18-20)28-16-5-15-26-28/h2-13,15-16,18H,14,17H2,1H3,(H,27,30). The Labute approximate surface area is 192 Å². The first kappa shape index (κ1) is 22.2. The van der Waals surface area contributed by atoms with Crippen LogP contribution in [-0.4, -0.2) is 35.6 Å². The second-order valence-electron chi connectivity index (χ2n) is 7.38. The van der Waals surface area contributed by atoms with E-state index in [1.807, 2.05) is 13.0 Å². The predicted octanol–water partition coefficient (Wildman–Crippen LogP) is 3.80. The van der Waals surface area contributed by atoms with Gasteiger partial charge in [-0.05, 0) is 49.4 Å². The number of carbonyl (C=O) groups excluding carboxylic acids is 1. The third kappa shape index (κ3) is 5.27. The minimum atomic E-state index is -3.84. The largest absolute Gasteiger partial charge is 0.325 e. The highest BCUT2D eigenvalue weighted by molar-refractivity contribution is 7.92. The molecule has 2 aromatic heterocycles. The lowest BCUT2D eigenvalue weighted by molar-refractivity contribution is -0.116. The predicted molar refractivity (Wildman–Crippen MR) is 127 cm³/mol. The first-order valence-electron chi connectivity index (χ1n) is 10.3. The number of amides is 1. The number of anilines is 2. The van der Waals surface area contributed by atoms with E-state index in [9.17, 15) is 13.2 Å². The van der Waals surface area contributed by atoms with E-state index in [-0.39, 0.29) is 23.8 Å². The summed E-state index contributed by atoms with van der Waals surface area (Å²) >= 11 is 0. The van der Waals surface area contributed by atoms with E-state index >= 15 is 0 Å². The number of rotatable bonds is 8. The van der Waals surface area contributed by atoms with Gasteiger partial charge in [-0.2, -0.15) is 5.10 Å². The fourth-order valence-electron chi connectivity index (χ4n) is 3.25. The number of hydrogen-bond acceptors (Lipinski definition) is 5. The second-order valence-corrected chi connectivity index (χ2v) is 9.24. The molecule has 0 atom stereocenters. The molecule has 33 heavy (non-hydrogen) atoms. The fraction of sp³-hybridized carbons (Fsp3) is 0.125. The molecule has 0 saturated carbocycles. The highest BCUT2D eigenvalue weighted by Crippen LogP contribution is 2.24. The minimum absolute atomic E-state index is 0.00907. The maximum Gasteiger partial charge on any atom is 0.264 e. The second kappa shape index (κ2) is 9.66. The Hall–Kier alpha value is -3.98. The number of pyridine rings is 1. The molecule has 9 heteroatoms. The third-order valence-electron chi connectivity index (χ3n) is 4.97. The lowest BCUT2D eigenvalue weighted by Gasteiger charge is -2.24. The normalized spacial score (nSPS) is 11.2. The smallest absolute Gasteiger partial charge is 0.264 e. The third-order valence-corrected chi connectivity index (χ3v) is 6.81. The van der Waals surface area contributed by atoms with Crippen molar-refractivity contribution >= 4 is 27.3 Å². The Bertz CT molecular complexity index is 1310. The van der Waals surface area contributed by atoms with Crippen molar-refractivity contribution in [1.29, 1.82) is 0 Å². The summed E-state index contributed by atoms with van der Waals surface area (Å²) in [6.45, 7) is 1.89. The van der Waals surface area contributed by atoms with E-state index in [0.717, 1.165) is 5.56 Å². The van der Waals surface area contributed by atoms with Gasteiger partial charge in [0.25, 0.3) is 10.0 Å². The molecule has 1 amide bonds. The van der Waals surface area contributed by atoms with Crippen molar-refractivity contribution < 1.29 is 13.2 Å². The Balaban J connectivity index is 1.48. The van der Waals surface area contributed by atoms with E-state index in [0.29, 0.717) is 17.2 Å². The summed E-state index contributed by atoms with van der Waals surface area (Å²) in [6.07, 6.45) is 4.93. The van der Waals surface area contributed by atoms with Crippen LogP contribution in [0.5, 0.6) is 0 Å². The van der Waals surface area contributed by atoms with Crippen LogP contribution < -0.4 is 9.62 Å². The molecule has 4 rings (SSSR count). The van der Waals surface area contributed by atoms with E-state index < -0.39 is 10.0 Å². The van der Waals surface area contributed by atoms with Crippen molar-refractivity contribution in [3.05, 3.63) is 97.0 Å². The van der Waals surface area contributed by atoms with E-state index in [1.54, 1.807) is 83.8 Å². The zero-order valence-corrected chi connectivity index (χ0v) is 18.8. The van der Waals surface area contributed by atoms with Gasteiger partial charge in [-0.3, -0.25) is 9.10 Å². The molecule has 4 aromatic rings. The van der Waals surface area contributed by atoms with Gasteiger partial charge in [-0.15, -0.1) is 0 Å². The van der Waals surface area contributed by atoms with Gasteiger partial charge >= 0.3 is 0 Å². The van der Waals surface area contributed by atoms with Gasteiger partial charge in [0, 0.05) is 25.4 Å². The maximum absolute atomic E-state index is 13.3. The molecule has 2 aromatic carbocycles. The quantitative estimate of drug-likeness (QED) is 0.430. The monoisotopic (exact) mass is 461 g/mol. The molecule has 1 N–H and O–H groups in total. The number of benzene rings is 2. The molecule has 0 aliphatic carbocycles. The summed E-state index contributed by atoms with van der Waals surface area (Å²) < 4.78 is 29.6. The van der Waals surface area contributed by atoms with Crippen molar-refractivity contribution in [2.45, 2.75) is 18.2 Å². The van der Waals surface area contributed by atoms with E-state index in [4.69, 9.17) is 0 Å². The van der Waals surface area contributed by atoms with Gasteiger partial charge < -0.3 is 5.32 Å². The van der Waals surface area contributed by atoms with E-state index in [1.165, 1.54) is 10.5 Å². The Morgan fingerprint density at radius 2 is 1.76 bits per heavy atom. The summed E-state index contributed by atoms with van der Waals surface area (Å²) in [7, 11) is -3.84. The van der Waals surface area contributed by atoms with Crippen LogP contribution in [0.15, 0.2) is 96.3 Å². The molecule has 0 bridgehead atoms. The number of aromatic nitrogens is 3. The number of carbonyl (C=O) groups is 1. The van der Waals surface area contributed by atoms with Crippen LogP contribution in [0.25, 0.3) is 5.82 Å². The lowest BCUT2D eigenvalue weighted by atomic mass is 10.2. The molecule has 2 heterocycles. The molecule has 0 aliphatic rings. The van der Waals surface area contributed by atoms with E-state index in [2.05, 4.69) is 15.4 Å². The van der Waals surface area contributed by atoms with Gasteiger partial charge in [0.1, 0.15) is 0 Å². The Morgan fingerprint density at radius 1 is 1.00 bits per heavy atom. The summed E-state index contributed by atoms with van der Waals surface area (Å²) in [4.78, 5) is 17.1. The van der Waals surface area contributed by atoms with Crippen LogP contribution in [0.2, 0.25) is 0 Å². The summed E-state index contributed by atoms with van der Waals surface area (Å²) in [5, 5.41) is 6.88. The van der Waals surface area contributed by atoms with Crippen LogP contribution in [0.4, 0.5) is 11.4 Å². The minimum Gasteiger partial charge on any atom is -0.325 e. The average Bonchev–Trinajstić information content (AvgIpc) is 3.36. The molecule has 0 aliphatic heterocycles. The summed E-state index contributed by atoms with van der Waals surface area (Å²) in [5.74, 6) is 0.307. The zero-order valence-electron chi connectivity index (χ0n) is 18.0. The van der Waals surface area contributed by atoms with Gasteiger partial charge in [-0.1, -0.05) is 35.9 Å². The fourth-order valence-corrected chi connectivity index (χ4v) is 4.71. The first-order valence-corrected chi connectivity index (χ1v) is 11.8. The van der Waals surface area contributed by atoms with Crippen molar-refractivity contribution in [1.82, 2.24) is 14.8 Å². The van der Waals surface area contributed by atoms with Crippen molar-refractivity contribution in [2.75, 3.05) is 16.2 Å². The summed E-state index contributed by atoms with van der Waals surface area (Å²) in [5.41, 5.74) is 1.98. The van der Waals surface area contributed by atoms with Gasteiger partial charge in [0.15, 0.2) is 5.82 Å². The number of aryl methyl sites for hydroxylation is 1. The highest BCUT2D eigenvalue weighted by atomic mass is 32.2. The summed E-state index contributed by atoms with van der Waals surface area (Å²) in [6, 6.07) is 20.7. The van der Waals surface area contributed by atoms with Crippen LogP contribution in [0, 0.1) is 6.92 Å². The van der Waals surface area contributed by atoms with Gasteiger partial charge in [0.2, 0.25) is 5.91 Å². The lowest BCUT2D eigenvalue weighted by Crippen LogP contribution is -2.34. The highest BCUT2D eigenvalue weighted by Gasteiger charge is 2.25. The molecule has 0 radical (unpaired) electrons. The van der Waals surface area contributed by atoms with Crippen molar-refractivity contribution in [2.24, 2.45) is 0 Å². The zero-order chi connectivity index (χ0) is 23.3. The number of para-hydroxylation sites is 1. The van der Waals surface area contributed by atoms with Crippen LogP contribution in [-0.2, 0) is 14.8 Å². The Kier molecular flexibility index (Phi) is 6.50. The van der Waals surface area contributed by atoms with Crippen molar-refractivity contribution in [3.63, 3.8) is 0 Å². The molecule has 0 saturated heterocycles. The van der Waals surface area contributed by atoms with Crippen LogP contribution in [0.3, 0.4) is 0 Å². The molecule has 168 valence electrons. The number of sulfonamides is 1. The Morgan fingerprint density at radius 3 is 2.39 bits per heavy atom. The van der Waals surface area contributed by atoms with Gasteiger partial charge in [-0.25, -0.2) is 18.1 Å². The molecule has 0 unspecified atom stereocenters. The van der Waals surface area contributed by atoms with Crippen LogP contribution in [0.1, 0.15) is 12.0 Å². The average molecular weight is 462 g/mol. The SMILES string of the molecule is Cc1ccc(S(=O)(=O)N(CCC(=O)Nc2ccc(-n3cccn3)nc2)c2ccccc2)cc1. The first-order chi connectivity index (χ1) is 15.9. The van der Waals surface area contributed by atoms with Crippen molar-refractivity contribution in [3.8, 4) is 5.82 Å². The molecule has 0 spiro atoms. The molecule has 8 nitrogen and oxygen atoms in total. The number of nitrogens with one attached hydrogen (secondary N) is 1. The molecular formula is C24H23N5O3S. The van der Waals surface area contributed by atoms with Crippen LogP contribution >= 0.6 is 0 Å². The topological polar surface area (TPSA) is 97.2 Å². The molecular weight excluding hydrogens is 438 g/mol. The maximum atomic E-state index is 13.3. The number of hydrogen-bond donors (Lipinski definition) is 1. The number of nitrogens with zero attached hydrogens (tertiary/aromatic N) is 4.